The Morgan fingerprint density at radius 1 is 1.17 bits per heavy atom. The van der Waals surface area contributed by atoms with E-state index in [0.717, 1.165) is 0 Å². The lowest BCUT2D eigenvalue weighted by Crippen LogP contribution is -2.23. The van der Waals surface area contributed by atoms with Gasteiger partial charge in [0, 0.05) is 5.02 Å². The first kappa shape index (κ1) is 16.8. The molecule has 2 aromatic carbocycles. The Labute approximate surface area is 147 Å². The van der Waals surface area contributed by atoms with E-state index in [4.69, 9.17) is 27.6 Å². The van der Waals surface area contributed by atoms with Crippen molar-refractivity contribution >= 4 is 55.7 Å². The zero-order valence-corrected chi connectivity index (χ0v) is 14.3. The predicted molar refractivity (Wildman–Crippen MR) is 91.2 cm³/mol. The molecule has 0 aliphatic rings. The highest BCUT2D eigenvalue weighted by atomic mass is 35.5. The van der Waals surface area contributed by atoms with Gasteiger partial charge in [0.2, 0.25) is 15.7 Å². The van der Waals surface area contributed by atoms with Gasteiger partial charge in [-0.15, -0.1) is 0 Å². The summed E-state index contributed by atoms with van der Waals surface area (Å²) in [6, 6.07) is 11.1. The topological polar surface area (TPSA) is 89.3 Å². The van der Waals surface area contributed by atoms with Gasteiger partial charge in [-0.2, -0.15) is 4.98 Å². The van der Waals surface area contributed by atoms with E-state index in [1.807, 2.05) is 0 Å². The number of anilines is 1. The van der Waals surface area contributed by atoms with Crippen molar-refractivity contribution in [3.8, 4) is 0 Å². The van der Waals surface area contributed by atoms with Crippen molar-refractivity contribution in [2.75, 3.05) is 11.1 Å². The molecule has 0 aliphatic heterocycles. The average molecular weight is 385 g/mol. The fourth-order valence-corrected chi connectivity index (χ4v) is 3.45. The standard InChI is InChI=1S/C15H10Cl2N2O4S/c16-9-5-6-11(10(17)7-9)18-14(20)8-24(21,22)15-19-12-3-1-2-4-13(12)23-15/h1-7H,8H2,(H,18,20). The van der Waals surface area contributed by atoms with Crippen molar-refractivity contribution in [1.82, 2.24) is 4.98 Å². The van der Waals surface area contributed by atoms with Gasteiger partial charge in [0.25, 0.3) is 0 Å². The molecule has 0 unspecified atom stereocenters. The highest BCUT2D eigenvalue weighted by Crippen LogP contribution is 2.25. The molecule has 0 bridgehead atoms. The Morgan fingerprint density at radius 2 is 1.92 bits per heavy atom. The lowest BCUT2D eigenvalue weighted by molar-refractivity contribution is -0.113. The van der Waals surface area contributed by atoms with Gasteiger partial charge in [0.15, 0.2) is 5.58 Å². The lowest BCUT2D eigenvalue weighted by Gasteiger charge is -2.07. The van der Waals surface area contributed by atoms with Crippen LogP contribution in [0.4, 0.5) is 5.69 Å². The third-order valence-electron chi connectivity index (χ3n) is 3.07. The van der Waals surface area contributed by atoms with Gasteiger partial charge < -0.3 is 9.73 Å². The number of benzene rings is 2. The molecule has 0 fully saturated rings. The van der Waals surface area contributed by atoms with Crippen molar-refractivity contribution in [2.24, 2.45) is 0 Å². The second-order valence-electron chi connectivity index (χ2n) is 4.88. The molecule has 9 heteroatoms. The number of rotatable bonds is 4. The smallest absolute Gasteiger partial charge is 0.316 e. The van der Waals surface area contributed by atoms with Gasteiger partial charge in [0.05, 0.1) is 10.7 Å². The third-order valence-corrected chi connectivity index (χ3v) is 4.96. The molecule has 124 valence electrons. The molecule has 0 atom stereocenters. The molecule has 3 rings (SSSR count). The third kappa shape index (κ3) is 3.53. The number of hydrogen-bond acceptors (Lipinski definition) is 5. The number of amides is 1. The number of carbonyl (C=O) groups excluding carboxylic acids is 1. The Kier molecular flexibility index (Phi) is 4.49. The van der Waals surface area contributed by atoms with Crippen molar-refractivity contribution in [1.29, 1.82) is 0 Å². The first-order valence-electron chi connectivity index (χ1n) is 6.68. The summed E-state index contributed by atoms with van der Waals surface area (Å²) in [5.74, 6) is -1.58. The summed E-state index contributed by atoms with van der Waals surface area (Å²) in [5.41, 5.74) is 0.994. The number of aromatic nitrogens is 1. The van der Waals surface area contributed by atoms with E-state index in [1.54, 1.807) is 24.3 Å². The molecule has 0 spiro atoms. The van der Waals surface area contributed by atoms with Gasteiger partial charge in [-0.3, -0.25) is 4.79 Å². The number of halogens is 2. The summed E-state index contributed by atoms with van der Waals surface area (Å²) in [6.07, 6.45) is 0. The maximum Gasteiger partial charge on any atom is 0.316 e. The molecule has 3 aromatic rings. The number of nitrogens with one attached hydrogen (secondary N) is 1. The number of carbonyl (C=O) groups is 1. The Morgan fingerprint density at radius 3 is 2.62 bits per heavy atom. The number of sulfone groups is 1. The Bertz CT molecular complexity index is 998. The molecule has 0 aliphatic carbocycles. The summed E-state index contributed by atoms with van der Waals surface area (Å²) in [4.78, 5) is 15.9. The minimum atomic E-state index is -4.02. The van der Waals surface area contributed by atoms with Crippen LogP contribution in [0.1, 0.15) is 0 Å². The molecule has 1 aromatic heterocycles. The van der Waals surface area contributed by atoms with Crippen LogP contribution in [-0.4, -0.2) is 25.1 Å². The van der Waals surface area contributed by atoms with Crippen LogP contribution in [0.25, 0.3) is 11.1 Å². The minimum Gasteiger partial charge on any atom is -0.428 e. The van der Waals surface area contributed by atoms with E-state index in [0.29, 0.717) is 16.1 Å². The number of oxazole rings is 1. The second kappa shape index (κ2) is 6.43. The fraction of sp³-hybridized carbons (Fsp3) is 0.0667. The van der Waals surface area contributed by atoms with Crippen molar-refractivity contribution < 1.29 is 17.6 Å². The van der Waals surface area contributed by atoms with Crippen LogP contribution in [0.5, 0.6) is 0 Å². The summed E-state index contributed by atoms with van der Waals surface area (Å²) in [6.45, 7) is 0. The summed E-state index contributed by atoms with van der Waals surface area (Å²) >= 11 is 11.7. The maximum atomic E-state index is 12.3. The Hall–Kier alpha value is -2.09. The second-order valence-corrected chi connectivity index (χ2v) is 7.59. The SMILES string of the molecule is O=C(CS(=O)(=O)c1nc2ccccc2o1)Nc1ccc(Cl)cc1Cl. The van der Waals surface area contributed by atoms with Crippen LogP contribution >= 0.6 is 23.2 Å². The normalized spacial score (nSPS) is 11.6. The van der Waals surface area contributed by atoms with Crippen LogP contribution in [0.2, 0.25) is 10.0 Å². The summed E-state index contributed by atoms with van der Waals surface area (Å²) in [5, 5.41) is 2.52. The van der Waals surface area contributed by atoms with E-state index in [-0.39, 0.29) is 10.7 Å². The predicted octanol–water partition coefficient (Wildman–Crippen LogP) is 3.55. The van der Waals surface area contributed by atoms with Crippen LogP contribution in [-0.2, 0) is 14.6 Å². The van der Waals surface area contributed by atoms with Crippen molar-refractivity contribution in [2.45, 2.75) is 5.22 Å². The number of para-hydroxylation sites is 2. The van der Waals surface area contributed by atoms with Gasteiger partial charge in [-0.1, -0.05) is 35.3 Å². The molecule has 1 heterocycles. The number of hydrogen-bond donors (Lipinski definition) is 1. The molecular formula is C15H10Cl2N2O4S. The number of fused-ring (bicyclic) bond motifs is 1. The van der Waals surface area contributed by atoms with Crippen LogP contribution < -0.4 is 5.32 Å². The van der Waals surface area contributed by atoms with Gasteiger partial charge >= 0.3 is 5.22 Å². The quantitative estimate of drug-likeness (QED) is 0.742. The van der Waals surface area contributed by atoms with Crippen LogP contribution in [0.15, 0.2) is 52.1 Å². The molecule has 1 N–H and O–H groups in total. The average Bonchev–Trinajstić information content (AvgIpc) is 2.94. The van der Waals surface area contributed by atoms with Crippen molar-refractivity contribution in [3.63, 3.8) is 0 Å². The van der Waals surface area contributed by atoms with Gasteiger partial charge in [-0.05, 0) is 30.3 Å². The minimum absolute atomic E-state index is 0.204. The van der Waals surface area contributed by atoms with Gasteiger partial charge in [-0.25, -0.2) is 8.42 Å². The number of nitrogens with zero attached hydrogens (tertiary/aromatic N) is 1. The van der Waals surface area contributed by atoms with Crippen LogP contribution in [0, 0.1) is 0 Å². The zero-order chi connectivity index (χ0) is 17.3. The Balaban J connectivity index is 1.79. The fourth-order valence-electron chi connectivity index (χ4n) is 2.00. The molecule has 0 saturated carbocycles. The molecular weight excluding hydrogens is 375 g/mol. The first-order valence-corrected chi connectivity index (χ1v) is 9.09. The highest BCUT2D eigenvalue weighted by Gasteiger charge is 2.25. The van der Waals surface area contributed by atoms with Crippen molar-refractivity contribution in [3.05, 3.63) is 52.5 Å². The molecule has 1 amide bonds. The zero-order valence-electron chi connectivity index (χ0n) is 12.0. The summed E-state index contributed by atoms with van der Waals surface area (Å²) in [7, 11) is -4.02. The van der Waals surface area contributed by atoms with E-state index < -0.39 is 26.7 Å². The molecule has 24 heavy (non-hydrogen) atoms. The molecule has 0 saturated heterocycles. The maximum absolute atomic E-state index is 12.3. The lowest BCUT2D eigenvalue weighted by atomic mass is 10.3. The van der Waals surface area contributed by atoms with E-state index in [9.17, 15) is 13.2 Å². The van der Waals surface area contributed by atoms with E-state index in [1.165, 1.54) is 18.2 Å². The first-order chi connectivity index (χ1) is 11.3. The van der Waals surface area contributed by atoms with Crippen LogP contribution in [0.3, 0.4) is 0 Å². The van der Waals surface area contributed by atoms with E-state index in [2.05, 4.69) is 10.3 Å². The molecule has 0 radical (unpaired) electrons. The van der Waals surface area contributed by atoms with Gasteiger partial charge in [0.1, 0.15) is 11.3 Å². The highest BCUT2D eigenvalue weighted by molar-refractivity contribution is 7.91. The molecule has 6 nitrogen and oxygen atoms in total. The summed E-state index contributed by atoms with van der Waals surface area (Å²) < 4.78 is 29.7. The largest absolute Gasteiger partial charge is 0.428 e. The van der Waals surface area contributed by atoms with E-state index >= 15 is 0 Å². The monoisotopic (exact) mass is 384 g/mol.